The quantitative estimate of drug-likeness (QED) is 0.481. The van der Waals surface area contributed by atoms with Crippen LogP contribution in [0.15, 0.2) is 42.5 Å². The van der Waals surface area contributed by atoms with Gasteiger partial charge in [-0.1, -0.05) is 11.6 Å². The minimum atomic E-state index is -0.492. The Morgan fingerprint density at radius 3 is 2.50 bits per heavy atom. The molecule has 2 heterocycles. The van der Waals surface area contributed by atoms with Crippen LogP contribution in [-0.2, 0) is 4.74 Å². The summed E-state index contributed by atoms with van der Waals surface area (Å²) < 4.78 is 16.3. The first-order valence-electron chi connectivity index (χ1n) is 10.9. The molecule has 2 aliphatic heterocycles. The van der Waals surface area contributed by atoms with Gasteiger partial charge < -0.3 is 19.1 Å². The summed E-state index contributed by atoms with van der Waals surface area (Å²) in [4.78, 5) is 27.0. The van der Waals surface area contributed by atoms with Crippen LogP contribution in [0.3, 0.4) is 0 Å². The molecule has 1 amide bonds. The van der Waals surface area contributed by atoms with E-state index in [1.165, 1.54) is 0 Å². The standard InChI is InChI=1S/C24H27ClN2O5/c25-19-4-2-17(3-5-19)23(28)18-8-11-27(12-9-18)10-1-13-32-24(29)26-20-6-7-21-22(16-20)31-15-14-30-21/h2-7,16,18H,1,8-15H2,(H,26,29). The summed E-state index contributed by atoms with van der Waals surface area (Å²) in [6.07, 6.45) is 1.93. The van der Waals surface area contributed by atoms with Crippen LogP contribution >= 0.6 is 11.6 Å². The van der Waals surface area contributed by atoms with Crippen molar-refractivity contribution in [3.63, 3.8) is 0 Å². The number of ketones is 1. The zero-order valence-electron chi connectivity index (χ0n) is 17.8. The first kappa shape index (κ1) is 22.4. The lowest BCUT2D eigenvalue weighted by atomic mass is 9.89. The molecule has 0 atom stereocenters. The number of likely N-dealkylation sites (tertiary alicyclic amines) is 1. The third-order valence-corrected chi connectivity index (χ3v) is 5.98. The van der Waals surface area contributed by atoms with E-state index in [1.54, 1.807) is 42.5 Å². The molecule has 0 aromatic heterocycles. The van der Waals surface area contributed by atoms with E-state index < -0.39 is 6.09 Å². The van der Waals surface area contributed by atoms with E-state index in [1.807, 2.05) is 0 Å². The summed E-state index contributed by atoms with van der Waals surface area (Å²) in [7, 11) is 0. The molecule has 0 saturated carbocycles. The Morgan fingerprint density at radius 1 is 1.03 bits per heavy atom. The number of amides is 1. The number of fused-ring (bicyclic) bond motifs is 1. The second kappa shape index (κ2) is 10.7. The molecule has 4 rings (SSSR count). The number of rotatable bonds is 7. The van der Waals surface area contributed by atoms with Gasteiger partial charge in [0.2, 0.25) is 0 Å². The molecule has 2 aliphatic rings. The number of hydrogen-bond acceptors (Lipinski definition) is 6. The first-order chi connectivity index (χ1) is 15.6. The Balaban J connectivity index is 1.13. The molecule has 0 aliphatic carbocycles. The Kier molecular flexibility index (Phi) is 7.50. The SMILES string of the molecule is O=C(Nc1ccc2c(c1)OCCO2)OCCCN1CCC(C(=O)c2ccc(Cl)cc2)CC1. The molecule has 170 valence electrons. The van der Waals surface area contributed by atoms with Crippen LogP contribution < -0.4 is 14.8 Å². The Morgan fingerprint density at radius 2 is 1.75 bits per heavy atom. The highest BCUT2D eigenvalue weighted by Gasteiger charge is 2.25. The van der Waals surface area contributed by atoms with Crippen LogP contribution in [-0.4, -0.2) is 56.2 Å². The molecule has 8 heteroatoms. The zero-order valence-corrected chi connectivity index (χ0v) is 18.6. The lowest BCUT2D eigenvalue weighted by Crippen LogP contribution is -2.37. The van der Waals surface area contributed by atoms with E-state index in [0.29, 0.717) is 42.0 Å². The highest BCUT2D eigenvalue weighted by atomic mass is 35.5. The van der Waals surface area contributed by atoms with Crippen molar-refractivity contribution in [2.45, 2.75) is 19.3 Å². The molecule has 1 saturated heterocycles. The van der Waals surface area contributed by atoms with Crippen molar-refractivity contribution >= 4 is 29.2 Å². The van der Waals surface area contributed by atoms with Crippen molar-refractivity contribution in [1.29, 1.82) is 0 Å². The Labute approximate surface area is 192 Å². The second-order valence-corrected chi connectivity index (χ2v) is 8.40. The number of ether oxygens (including phenoxy) is 3. The van der Waals surface area contributed by atoms with Crippen LogP contribution in [0.4, 0.5) is 10.5 Å². The van der Waals surface area contributed by atoms with Crippen LogP contribution in [0.25, 0.3) is 0 Å². The summed E-state index contributed by atoms with van der Waals surface area (Å²) in [6.45, 7) is 3.92. The van der Waals surface area contributed by atoms with E-state index in [0.717, 1.165) is 44.5 Å². The van der Waals surface area contributed by atoms with E-state index in [2.05, 4.69) is 10.2 Å². The summed E-state index contributed by atoms with van der Waals surface area (Å²) in [5.41, 5.74) is 1.33. The average molecular weight is 459 g/mol. The molecule has 0 radical (unpaired) electrons. The van der Waals surface area contributed by atoms with Crippen molar-refractivity contribution in [1.82, 2.24) is 4.90 Å². The molecule has 2 aromatic rings. The number of anilines is 1. The largest absolute Gasteiger partial charge is 0.486 e. The Hall–Kier alpha value is -2.77. The number of hydrogen-bond donors (Lipinski definition) is 1. The number of nitrogens with zero attached hydrogens (tertiary/aromatic N) is 1. The third-order valence-electron chi connectivity index (χ3n) is 5.73. The number of carbonyl (C=O) groups excluding carboxylic acids is 2. The smallest absolute Gasteiger partial charge is 0.411 e. The molecular weight excluding hydrogens is 432 g/mol. The number of benzene rings is 2. The van der Waals surface area contributed by atoms with Crippen molar-refractivity contribution in [3.8, 4) is 11.5 Å². The molecule has 1 fully saturated rings. The summed E-state index contributed by atoms with van der Waals surface area (Å²) in [5.74, 6) is 1.54. The van der Waals surface area contributed by atoms with Gasteiger partial charge in [0.25, 0.3) is 0 Å². The van der Waals surface area contributed by atoms with Gasteiger partial charge in [0.1, 0.15) is 13.2 Å². The summed E-state index contributed by atoms with van der Waals surface area (Å²) >= 11 is 5.90. The van der Waals surface area contributed by atoms with Gasteiger partial charge in [0, 0.05) is 34.8 Å². The molecule has 0 bridgehead atoms. The van der Waals surface area contributed by atoms with Gasteiger partial charge in [-0.2, -0.15) is 0 Å². The van der Waals surface area contributed by atoms with Crippen molar-refractivity contribution in [3.05, 3.63) is 53.1 Å². The lowest BCUT2D eigenvalue weighted by molar-refractivity contribution is 0.0830. The third kappa shape index (κ3) is 5.93. The van der Waals surface area contributed by atoms with E-state index in [9.17, 15) is 9.59 Å². The van der Waals surface area contributed by atoms with Crippen molar-refractivity contribution < 1.29 is 23.8 Å². The average Bonchev–Trinajstić information content (AvgIpc) is 2.82. The van der Waals surface area contributed by atoms with Gasteiger partial charge in [-0.3, -0.25) is 10.1 Å². The van der Waals surface area contributed by atoms with Gasteiger partial charge in [0.05, 0.1) is 6.61 Å². The van der Waals surface area contributed by atoms with Crippen LogP contribution in [0.5, 0.6) is 11.5 Å². The predicted octanol–water partition coefficient (Wildman–Crippen LogP) is 4.64. The number of nitrogens with one attached hydrogen (secondary N) is 1. The van der Waals surface area contributed by atoms with Gasteiger partial charge in [0.15, 0.2) is 17.3 Å². The minimum Gasteiger partial charge on any atom is -0.486 e. The molecule has 0 spiro atoms. The normalized spacial score (nSPS) is 16.4. The van der Waals surface area contributed by atoms with Crippen LogP contribution in [0.2, 0.25) is 5.02 Å². The fraction of sp³-hybridized carbons (Fsp3) is 0.417. The van der Waals surface area contributed by atoms with E-state index in [-0.39, 0.29) is 11.7 Å². The zero-order chi connectivity index (χ0) is 22.3. The highest BCUT2D eigenvalue weighted by Crippen LogP contribution is 2.32. The maximum Gasteiger partial charge on any atom is 0.411 e. The molecule has 2 aromatic carbocycles. The van der Waals surface area contributed by atoms with Gasteiger partial charge in [-0.15, -0.1) is 0 Å². The van der Waals surface area contributed by atoms with E-state index >= 15 is 0 Å². The summed E-state index contributed by atoms with van der Waals surface area (Å²) in [5, 5.41) is 3.35. The molecule has 1 N–H and O–H groups in total. The number of piperidine rings is 1. The topological polar surface area (TPSA) is 77.1 Å². The van der Waals surface area contributed by atoms with Crippen molar-refractivity contribution in [2.24, 2.45) is 5.92 Å². The summed E-state index contributed by atoms with van der Waals surface area (Å²) in [6, 6.07) is 12.4. The maximum atomic E-state index is 12.6. The number of Topliss-reactive ketones (excluding diaryl/α,β-unsaturated/α-hetero) is 1. The first-order valence-corrected chi connectivity index (χ1v) is 11.3. The predicted molar refractivity (Wildman–Crippen MR) is 122 cm³/mol. The molecular formula is C24H27ClN2O5. The molecule has 32 heavy (non-hydrogen) atoms. The van der Waals surface area contributed by atoms with Crippen molar-refractivity contribution in [2.75, 3.05) is 44.8 Å². The van der Waals surface area contributed by atoms with E-state index in [4.69, 9.17) is 25.8 Å². The Bertz CT molecular complexity index is 942. The lowest BCUT2D eigenvalue weighted by Gasteiger charge is -2.31. The second-order valence-electron chi connectivity index (χ2n) is 7.96. The molecule has 7 nitrogen and oxygen atoms in total. The van der Waals surface area contributed by atoms with Gasteiger partial charge >= 0.3 is 6.09 Å². The monoisotopic (exact) mass is 458 g/mol. The van der Waals surface area contributed by atoms with Gasteiger partial charge in [-0.05, 0) is 68.8 Å². The molecule has 0 unspecified atom stereocenters. The highest BCUT2D eigenvalue weighted by molar-refractivity contribution is 6.30. The number of halogens is 1. The maximum absolute atomic E-state index is 12.6. The van der Waals surface area contributed by atoms with Gasteiger partial charge in [-0.25, -0.2) is 4.79 Å². The fourth-order valence-corrected chi connectivity index (χ4v) is 4.12. The van der Waals surface area contributed by atoms with Crippen LogP contribution in [0.1, 0.15) is 29.6 Å². The minimum absolute atomic E-state index is 0.0560. The van der Waals surface area contributed by atoms with Crippen LogP contribution in [0, 0.1) is 5.92 Å². The number of carbonyl (C=O) groups is 2. The fourth-order valence-electron chi connectivity index (χ4n) is 4.00.